The molecule has 0 aromatic heterocycles. The van der Waals surface area contributed by atoms with Gasteiger partial charge in [0.25, 0.3) is 0 Å². The third-order valence-corrected chi connectivity index (χ3v) is 3.48. The number of aromatic hydroxyl groups is 1. The van der Waals surface area contributed by atoms with Crippen LogP contribution in [0.1, 0.15) is 31.2 Å². The van der Waals surface area contributed by atoms with Gasteiger partial charge in [-0.25, -0.2) is 0 Å². The largest absolute Gasteiger partial charge is 0.506 e. The Balaban J connectivity index is 2.32. The standard InChI is InChI=1S/C11H13BrO/c1-7(8-5-6-8)9-3-2-4-10(12)11(9)13/h2-4,7-8,13H,5-6H2,1H3/t7-/m1/s1. The van der Waals surface area contributed by atoms with Crippen LogP contribution in [-0.2, 0) is 0 Å². The third kappa shape index (κ3) is 1.73. The molecule has 0 heterocycles. The van der Waals surface area contributed by atoms with Crippen LogP contribution in [0.2, 0.25) is 0 Å². The van der Waals surface area contributed by atoms with Crippen LogP contribution in [0.15, 0.2) is 22.7 Å². The second-order valence-electron chi connectivity index (χ2n) is 3.80. The first-order valence-corrected chi connectivity index (χ1v) is 5.47. The van der Waals surface area contributed by atoms with Crippen LogP contribution < -0.4 is 0 Å². The zero-order valence-electron chi connectivity index (χ0n) is 7.63. The summed E-state index contributed by atoms with van der Waals surface area (Å²) in [4.78, 5) is 0. The van der Waals surface area contributed by atoms with Gasteiger partial charge in [-0.05, 0) is 52.2 Å². The molecule has 0 radical (unpaired) electrons. The summed E-state index contributed by atoms with van der Waals surface area (Å²) in [5.74, 6) is 1.71. The van der Waals surface area contributed by atoms with Crippen LogP contribution >= 0.6 is 15.9 Å². The van der Waals surface area contributed by atoms with Crippen molar-refractivity contribution < 1.29 is 5.11 Å². The molecule has 1 aliphatic carbocycles. The summed E-state index contributed by atoms with van der Waals surface area (Å²) >= 11 is 3.33. The molecule has 70 valence electrons. The summed E-state index contributed by atoms with van der Waals surface area (Å²) in [6.07, 6.45) is 2.63. The Morgan fingerprint density at radius 2 is 2.15 bits per heavy atom. The quantitative estimate of drug-likeness (QED) is 0.837. The molecule has 1 nitrogen and oxygen atoms in total. The van der Waals surface area contributed by atoms with Gasteiger partial charge >= 0.3 is 0 Å². The number of para-hydroxylation sites is 1. The van der Waals surface area contributed by atoms with Gasteiger partial charge in [-0.1, -0.05) is 19.1 Å². The lowest BCUT2D eigenvalue weighted by Gasteiger charge is -2.12. The van der Waals surface area contributed by atoms with Gasteiger partial charge in [0.15, 0.2) is 0 Å². The van der Waals surface area contributed by atoms with Crippen molar-refractivity contribution in [3.05, 3.63) is 28.2 Å². The maximum Gasteiger partial charge on any atom is 0.133 e. The molecule has 2 rings (SSSR count). The highest BCUT2D eigenvalue weighted by atomic mass is 79.9. The number of phenols is 1. The fourth-order valence-electron chi connectivity index (χ4n) is 1.75. The Labute approximate surface area is 86.9 Å². The molecule has 1 atom stereocenters. The fraction of sp³-hybridized carbons (Fsp3) is 0.455. The molecule has 1 aromatic rings. The van der Waals surface area contributed by atoms with E-state index in [2.05, 4.69) is 22.9 Å². The smallest absolute Gasteiger partial charge is 0.133 e. The Morgan fingerprint density at radius 3 is 2.77 bits per heavy atom. The van der Waals surface area contributed by atoms with Crippen LogP contribution in [-0.4, -0.2) is 5.11 Å². The zero-order chi connectivity index (χ0) is 9.42. The van der Waals surface area contributed by atoms with Gasteiger partial charge in [-0.15, -0.1) is 0 Å². The number of benzene rings is 1. The Bertz CT molecular complexity index is 318. The number of hydrogen-bond donors (Lipinski definition) is 1. The summed E-state index contributed by atoms with van der Waals surface area (Å²) in [6, 6.07) is 5.87. The van der Waals surface area contributed by atoms with E-state index < -0.39 is 0 Å². The molecule has 13 heavy (non-hydrogen) atoms. The topological polar surface area (TPSA) is 20.2 Å². The predicted molar refractivity (Wildman–Crippen MR) is 56.9 cm³/mol. The predicted octanol–water partition coefficient (Wildman–Crippen LogP) is 3.67. The SMILES string of the molecule is C[C@@H](c1cccc(Br)c1O)C1CC1. The van der Waals surface area contributed by atoms with Crippen LogP contribution in [0.4, 0.5) is 0 Å². The van der Waals surface area contributed by atoms with E-state index in [0.717, 1.165) is 16.0 Å². The number of hydrogen-bond acceptors (Lipinski definition) is 1. The first-order valence-electron chi connectivity index (χ1n) is 4.67. The third-order valence-electron chi connectivity index (χ3n) is 2.84. The highest BCUT2D eigenvalue weighted by Gasteiger charge is 2.30. The van der Waals surface area contributed by atoms with Crippen LogP contribution in [0.25, 0.3) is 0 Å². The second-order valence-corrected chi connectivity index (χ2v) is 4.66. The first kappa shape index (κ1) is 9.07. The summed E-state index contributed by atoms with van der Waals surface area (Å²) in [5.41, 5.74) is 1.08. The normalized spacial score (nSPS) is 18.6. The molecule has 0 amide bonds. The lowest BCUT2D eigenvalue weighted by molar-refractivity contribution is 0.455. The average molecular weight is 241 g/mol. The molecule has 1 fully saturated rings. The van der Waals surface area contributed by atoms with Crippen molar-refractivity contribution in [3.63, 3.8) is 0 Å². The van der Waals surface area contributed by atoms with Crippen molar-refractivity contribution in [2.45, 2.75) is 25.7 Å². The number of halogens is 1. The van der Waals surface area contributed by atoms with Crippen molar-refractivity contribution in [3.8, 4) is 5.75 Å². The van der Waals surface area contributed by atoms with E-state index in [-0.39, 0.29) is 0 Å². The summed E-state index contributed by atoms with van der Waals surface area (Å²) in [5, 5.41) is 9.80. The van der Waals surface area contributed by atoms with E-state index in [1.807, 2.05) is 18.2 Å². The van der Waals surface area contributed by atoms with Gasteiger partial charge < -0.3 is 5.11 Å². The molecule has 0 spiro atoms. The van der Waals surface area contributed by atoms with Crippen molar-refractivity contribution in [1.82, 2.24) is 0 Å². The van der Waals surface area contributed by atoms with Crippen LogP contribution in [0.5, 0.6) is 5.75 Å². The van der Waals surface area contributed by atoms with Crippen LogP contribution in [0, 0.1) is 5.92 Å². The molecule has 0 unspecified atom stereocenters. The van der Waals surface area contributed by atoms with Crippen molar-refractivity contribution in [2.75, 3.05) is 0 Å². The highest BCUT2D eigenvalue weighted by molar-refractivity contribution is 9.10. The molecule has 1 aliphatic rings. The lowest BCUT2D eigenvalue weighted by atomic mass is 9.96. The Morgan fingerprint density at radius 1 is 1.46 bits per heavy atom. The Hall–Kier alpha value is -0.500. The van der Waals surface area contributed by atoms with E-state index in [1.165, 1.54) is 12.8 Å². The van der Waals surface area contributed by atoms with Gasteiger partial charge in [-0.3, -0.25) is 0 Å². The number of rotatable bonds is 2. The maximum atomic E-state index is 9.80. The molecule has 1 N–H and O–H groups in total. The van der Waals surface area contributed by atoms with Crippen LogP contribution in [0.3, 0.4) is 0 Å². The minimum atomic E-state index is 0.418. The molecule has 0 saturated heterocycles. The minimum Gasteiger partial charge on any atom is -0.506 e. The number of phenolic OH excluding ortho intramolecular Hbond substituents is 1. The fourth-order valence-corrected chi connectivity index (χ4v) is 2.13. The van der Waals surface area contributed by atoms with Gasteiger partial charge in [0.2, 0.25) is 0 Å². The van der Waals surface area contributed by atoms with Gasteiger partial charge in [0.05, 0.1) is 4.47 Å². The highest BCUT2D eigenvalue weighted by Crippen LogP contribution is 2.45. The minimum absolute atomic E-state index is 0.418. The molecular formula is C11H13BrO. The molecule has 1 saturated carbocycles. The summed E-state index contributed by atoms with van der Waals surface area (Å²) in [7, 11) is 0. The Kier molecular flexibility index (Phi) is 2.33. The van der Waals surface area contributed by atoms with E-state index in [4.69, 9.17) is 0 Å². The summed E-state index contributed by atoms with van der Waals surface area (Å²) in [6.45, 7) is 2.19. The molecule has 2 heteroatoms. The van der Waals surface area contributed by atoms with Crippen molar-refractivity contribution in [1.29, 1.82) is 0 Å². The van der Waals surface area contributed by atoms with Gasteiger partial charge in [0, 0.05) is 0 Å². The summed E-state index contributed by atoms with van der Waals surface area (Å²) < 4.78 is 0.803. The molecule has 1 aromatic carbocycles. The average Bonchev–Trinajstić information content (AvgIpc) is 2.91. The maximum absolute atomic E-state index is 9.80. The van der Waals surface area contributed by atoms with E-state index in [0.29, 0.717) is 11.7 Å². The molecule has 0 bridgehead atoms. The molecule has 0 aliphatic heterocycles. The van der Waals surface area contributed by atoms with Gasteiger partial charge in [0.1, 0.15) is 5.75 Å². The lowest BCUT2D eigenvalue weighted by Crippen LogP contribution is -1.96. The zero-order valence-corrected chi connectivity index (χ0v) is 9.21. The van der Waals surface area contributed by atoms with Crippen molar-refractivity contribution in [2.24, 2.45) is 5.92 Å². The van der Waals surface area contributed by atoms with E-state index >= 15 is 0 Å². The van der Waals surface area contributed by atoms with E-state index in [9.17, 15) is 5.11 Å². The second kappa shape index (κ2) is 3.33. The van der Waals surface area contributed by atoms with Gasteiger partial charge in [-0.2, -0.15) is 0 Å². The molecular weight excluding hydrogens is 228 g/mol. The van der Waals surface area contributed by atoms with E-state index in [1.54, 1.807) is 0 Å². The monoisotopic (exact) mass is 240 g/mol. The first-order chi connectivity index (χ1) is 6.20. The van der Waals surface area contributed by atoms with Crippen molar-refractivity contribution >= 4 is 15.9 Å².